The highest BCUT2D eigenvalue weighted by atomic mass is 32.2. The van der Waals surface area contributed by atoms with E-state index >= 15 is 0 Å². The van der Waals surface area contributed by atoms with Crippen LogP contribution in [0.2, 0.25) is 0 Å². The number of fused-ring (bicyclic) bond motifs is 5. The van der Waals surface area contributed by atoms with E-state index in [2.05, 4.69) is 14.8 Å². The molecule has 0 unspecified atom stereocenters. The molecule has 1 saturated carbocycles. The molecule has 2 bridgehead atoms. The third-order valence-electron chi connectivity index (χ3n) is 7.78. The number of hydrogen-bond donors (Lipinski definition) is 2. The number of rotatable bonds is 5. The highest BCUT2D eigenvalue weighted by Crippen LogP contribution is 2.53. The lowest BCUT2D eigenvalue weighted by Crippen LogP contribution is -2.66. The van der Waals surface area contributed by atoms with Crippen molar-refractivity contribution >= 4 is 35.0 Å². The van der Waals surface area contributed by atoms with Gasteiger partial charge in [0.2, 0.25) is 0 Å². The van der Waals surface area contributed by atoms with E-state index in [-0.39, 0.29) is 72.2 Å². The molecule has 0 atom stereocenters. The number of anilines is 2. The lowest BCUT2D eigenvalue weighted by atomic mass is 9.70. The molecule has 4 heterocycles. The Morgan fingerprint density at radius 3 is 2.33 bits per heavy atom. The number of nitrogens with two attached hydrogens (primary N) is 1. The van der Waals surface area contributed by atoms with Gasteiger partial charge in [-0.15, -0.1) is 20.5 Å². The van der Waals surface area contributed by atoms with Gasteiger partial charge in [-0.05, 0) is 43.9 Å². The van der Waals surface area contributed by atoms with Crippen LogP contribution in [0.3, 0.4) is 0 Å². The first kappa shape index (κ1) is 26.7. The predicted molar refractivity (Wildman–Crippen MR) is 130 cm³/mol. The Morgan fingerprint density at radius 1 is 1.07 bits per heavy atom. The van der Waals surface area contributed by atoms with Gasteiger partial charge in [0.05, 0.1) is 47.6 Å². The van der Waals surface area contributed by atoms with Crippen molar-refractivity contribution < 1.29 is 50.5 Å². The molecule has 3 fully saturated rings. The van der Waals surface area contributed by atoms with Crippen LogP contribution in [-0.2, 0) is 4.74 Å². The van der Waals surface area contributed by atoms with Crippen molar-refractivity contribution in [2.24, 2.45) is 5.73 Å². The van der Waals surface area contributed by atoms with E-state index in [9.17, 15) is 31.5 Å². The molecule has 2 aromatic rings. The van der Waals surface area contributed by atoms with E-state index < -0.39 is 35.4 Å². The van der Waals surface area contributed by atoms with Gasteiger partial charge in [-0.3, -0.25) is 9.59 Å². The van der Waals surface area contributed by atoms with Gasteiger partial charge < -0.3 is 34.9 Å². The molecule has 15 heteroatoms. The number of carbonyl (C=O) groups is 2. The van der Waals surface area contributed by atoms with Gasteiger partial charge in [0.1, 0.15) is 5.75 Å². The minimum absolute atomic E-state index is 0.0281. The van der Waals surface area contributed by atoms with Gasteiger partial charge in [0.25, 0.3) is 11.8 Å². The average molecular weight is 588 g/mol. The predicted octanol–water partition coefficient (Wildman–Crippen LogP) is 4.69. The SMILES string of the molecule is COc1ccc2c(c1C(N)=O)SCN2c1cc2c(cc1C(=O)NC13CCC(C(F)(F)F)(CC1)OC3)OC(F)(F)O2. The smallest absolute Gasteiger partial charge is 0.496 e. The van der Waals surface area contributed by atoms with Gasteiger partial charge in [0.15, 0.2) is 17.1 Å². The van der Waals surface area contributed by atoms with Crippen LogP contribution in [0, 0.1) is 0 Å². The standard InChI is InChI=1S/C25H22F5N3O6S/c1-36-15-3-2-13-19(18(15)20(31)34)40-11-33(13)14-9-17-16(38-25(29,30)39-17)8-12(14)21(35)32-22-4-6-23(7-5-22,37-10-22)24(26,27)28/h2-3,8-9H,4-7,10-11H2,1H3,(H2,31,34)(H,32,35). The fourth-order valence-electron chi connectivity index (χ4n) is 5.64. The summed E-state index contributed by atoms with van der Waals surface area (Å²) in [6.45, 7) is -0.347. The van der Waals surface area contributed by atoms with Crippen molar-refractivity contribution in [1.29, 1.82) is 0 Å². The summed E-state index contributed by atoms with van der Waals surface area (Å²) in [5, 5.41) is 2.81. The second-order valence-corrected chi connectivity index (χ2v) is 11.0. The summed E-state index contributed by atoms with van der Waals surface area (Å²) in [7, 11) is 1.38. The van der Waals surface area contributed by atoms with Crippen molar-refractivity contribution in [3.63, 3.8) is 0 Å². The number of primary amides is 1. The van der Waals surface area contributed by atoms with Crippen LogP contribution in [0.25, 0.3) is 0 Å². The maximum Gasteiger partial charge on any atom is 0.586 e. The zero-order chi connectivity index (χ0) is 28.7. The summed E-state index contributed by atoms with van der Waals surface area (Å²) in [5.74, 6) is -1.74. The molecule has 2 aromatic carbocycles. The molecule has 3 N–H and O–H groups in total. The van der Waals surface area contributed by atoms with Crippen LogP contribution >= 0.6 is 11.8 Å². The highest BCUT2D eigenvalue weighted by molar-refractivity contribution is 8.00. The van der Waals surface area contributed by atoms with Crippen molar-refractivity contribution in [3.8, 4) is 17.2 Å². The second-order valence-electron chi connectivity index (χ2n) is 10.1. The quantitative estimate of drug-likeness (QED) is 0.485. The minimum Gasteiger partial charge on any atom is -0.496 e. The van der Waals surface area contributed by atoms with Gasteiger partial charge >= 0.3 is 12.5 Å². The number of carbonyl (C=O) groups excluding carboxylic acids is 2. The van der Waals surface area contributed by atoms with Crippen molar-refractivity contribution in [3.05, 3.63) is 35.4 Å². The van der Waals surface area contributed by atoms with E-state index in [0.717, 1.165) is 6.07 Å². The van der Waals surface area contributed by atoms with Gasteiger partial charge in [0, 0.05) is 11.0 Å². The van der Waals surface area contributed by atoms with Gasteiger partial charge in [-0.25, -0.2) is 0 Å². The Bertz CT molecular complexity index is 1410. The number of benzene rings is 2. The molecule has 0 spiro atoms. The second kappa shape index (κ2) is 8.77. The molecule has 214 valence electrons. The Labute approximate surface area is 228 Å². The summed E-state index contributed by atoms with van der Waals surface area (Å²) in [5.41, 5.74) is 2.94. The molecule has 0 radical (unpaired) electrons. The van der Waals surface area contributed by atoms with Crippen LogP contribution in [0.1, 0.15) is 46.4 Å². The number of alkyl halides is 5. The molecule has 5 aliphatic rings. The fraction of sp³-hybridized carbons (Fsp3) is 0.440. The summed E-state index contributed by atoms with van der Waals surface area (Å²) in [6.07, 6.45) is -9.07. The Kier molecular flexibility index (Phi) is 5.86. The third kappa shape index (κ3) is 4.08. The number of hydrogen-bond acceptors (Lipinski definition) is 8. The molecule has 2 amide bonds. The number of methoxy groups -OCH3 is 1. The number of nitrogens with zero attached hydrogens (tertiary/aromatic N) is 1. The van der Waals surface area contributed by atoms with Crippen LogP contribution in [-0.4, -0.2) is 55.0 Å². The summed E-state index contributed by atoms with van der Waals surface area (Å²) < 4.78 is 88.3. The molecule has 2 saturated heterocycles. The topological polar surface area (TPSA) is 112 Å². The molecule has 7 rings (SSSR count). The van der Waals surface area contributed by atoms with E-state index in [1.54, 1.807) is 11.0 Å². The molecular formula is C25H22F5N3O6S. The maximum atomic E-state index is 13.9. The highest BCUT2D eigenvalue weighted by Gasteiger charge is 2.63. The minimum atomic E-state index is -4.54. The fourth-order valence-corrected chi connectivity index (χ4v) is 6.84. The first-order valence-electron chi connectivity index (χ1n) is 12.2. The summed E-state index contributed by atoms with van der Waals surface area (Å²) in [4.78, 5) is 28.0. The normalized spacial score (nSPS) is 26.0. The molecule has 0 aromatic heterocycles. The maximum absolute atomic E-state index is 13.9. The van der Waals surface area contributed by atoms with Crippen LogP contribution in [0.5, 0.6) is 17.2 Å². The average Bonchev–Trinajstić information content (AvgIpc) is 3.45. The van der Waals surface area contributed by atoms with Crippen molar-refractivity contribution in [2.45, 2.75) is 54.2 Å². The zero-order valence-electron chi connectivity index (χ0n) is 20.8. The molecule has 1 aliphatic carbocycles. The van der Waals surface area contributed by atoms with Crippen molar-refractivity contribution in [2.75, 3.05) is 24.5 Å². The van der Waals surface area contributed by atoms with Crippen molar-refractivity contribution in [1.82, 2.24) is 5.32 Å². The third-order valence-corrected chi connectivity index (χ3v) is 8.87. The Hall–Kier alpha value is -3.46. The van der Waals surface area contributed by atoms with Crippen LogP contribution < -0.4 is 30.2 Å². The Morgan fingerprint density at radius 2 is 1.75 bits per heavy atom. The van der Waals surface area contributed by atoms with E-state index in [0.29, 0.717) is 10.6 Å². The van der Waals surface area contributed by atoms with E-state index in [1.807, 2.05) is 0 Å². The monoisotopic (exact) mass is 587 g/mol. The van der Waals surface area contributed by atoms with Gasteiger partial charge in [-0.1, -0.05) is 0 Å². The summed E-state index contributed by atoms with van der Waals surface area (Å²) >= 11 is 1.22. The van der Waals surface area contributed by atoms with Crippen LogP contribution in [0.15, 0.2) is 29.2 Å². The lowest BCUT2D eigenvalue weighted by Gasteiger charge is -2.53. The largest absolute Gasteiger partial charge is 0.586 e. The first-order chi connectivity index (χ1) is 18.8. The number of amides is 2. The summed E-state index contributed by atoms with van der Waals surface area (Å²) in [6, 6.07) is 5.48. The first-order valence-corrected chi connectivity index (χ1v) is 13.1. The zero-order valence-corrected chi connectivity index (χ0v) is 21.6. The molecule has 9 nitrogen and oxygen atoms in total. The van der Waals surface area contributed by atoms with Gasteiger partial charge in [-0.2, -0.15) is 13.2 Å². The molecule has 40 heavy (non-hydrogen) atoms. The Balaban J connectivity index is 1.37. The van der Waals surface area contributed by atoms with Crippen LogP contribution in [0.4, 0.5) is 33.3 Å². The molecular weight excluding hydrogens is 565 g/mol. The number of nitrogens with one attached hydrogen (secondary N) is 1. The number of halogens is 5. The van der Waals surface area contributed by atoms with E-state index in [1.165, 1.54) is 31.0 Å². The number of ether oxygens (including phenoxy) is 4. The number of thioether (sulfide) groups is 1. The lowest BCUT2D eigenvalue weighted by molar-refractivity contribution is -0.317. The molecule has 4 aliphatic heterocycles. The van der Waals surface area contributed by atoms with E-state index in [4.69, 9.17) is 15.2 Å².